The molecule has 0 radical (unpaired) electrons. The highest BCUT2D eigenvalue weighted by Crippen LogP contribution is 2.39. The number of halogens is 1. The highest BCUT2D eigenvalue weighted by atomic mass is 19.1. The Morgan fingerprint density at radius 1 is 1.06 bits per heavy atom. The van der Waals surface area contributed by atoms with E-state index in [1.54, 1.807) is 6.07 Å². The molecule has 7 heteroatoms. The maximum Gasteiger partial charge on any atom is 0.307 e. The van der Waals surface area contributed by atoms with Crippen LogP contribution < -0.4 is 5.32 Å². The maximum atomic E-state index is 16.0. The van der Waals surface area contributed by atoms with Crippen molar-refractivity contribution in [2.45, 2.75) is 26.2 Å². The fraction of sp³-hybridized carbons (Fsp3) is 0.222. The minimum Gasteiger partial charge on any atom is -0.481 e. The summed E-state index contributed by atoms with van der Waals surface area (Å²) in [4.78, 5) is 29.3. The average molecular weight is 458 g/mol. The molecule has 34 heavy (non-hydrogen) atoms. The number of Topliss-reactive ketones (excluding diaryl/α,β-unsaturated/α-hetero) is 1. The Hall–Kier alpha value is -4.00. The molecule has 0 saturated heterocycles. The lowest BCUT2D eigenvalue weighted by atomic mass is 9.87. The Morgan fingerprint density at radius 2 is 1.82 bits per heavy atom. The molecule has 3 aromatic carbocycles. The van der Waals surface area contributed by atoms with Crippen LogP contribution in [0.5, 0.6) is 0 Å². The third-order valence-corrected chi connectivity index (χ3v) is 6.44. The number of anilines is 2. The van der Waals surface area contributed by atoms with Gasteiger partial charge >= 0.3 is 5.97 Å². The summed E-state index contributed by atoms with van der Waals surface area (Å²) >= 11 is 0. The first-order valence-electron chi connectivity index (χ1n) is 11.2. The van der Waals surface area contributed by atoms with E-state index < -0.39 is 29.4 Å². The van der Waals surface area contributed by atoms with Crippen molar-refractivity contribution < 1.29 is 23.5 Å². The molecule has 4 aromatic rings. The molecule has 0 amide bonds. The molecule has 1 fully saturated rings. The standard InChI is InChI=1S/C27H23FN2O4/c1-15-10-13-21-22(14-15)34-27(29-21)30-24-17(16-6-3-2-4-7-16)11-12-20(23(24)28)25(31)18-8-5-9-19(18)26(32)33/h2-4,6-7,10-14,18-19H,5,8-9H2,1H3,(H,29,30)(H,32,33)/t18-,19-/m1/s1. The van der Waals surface area contributed by atoms with Crippen molar-refractivity contribution in [2.24, 2.45) is 11.8 Å². The van der Waals surface area contributed by atoms with E-state index in [-0.39, 0.29) is 17.3 Å². The fourth-order valence-electron chi connectivity index (χ4n) is 4.71. The summed E-state index contributed by atoms with van der Waals surface area (Å²) in [5.74, 6) is -3.79. The van der Waals surface area contributed by atoms with Gasteiger partial charge in [-0.3, -0.25) is 9.59 Å². The molecular weight excluding hydrogens is 435 g/mol. The molecule has 1 aliphatic rings. The minimum atomic E-state index is -1.02. The quantitative estimate of drug-likeness (QED) is 0.326. The highest BCUT2D eigenvalue weighted by Gasteiger charge is 2.39. The molecule has 1 saturated carbocycles. The summed E-state index contributed by atoms with van der Waals surface area (Å²) < 4.78 is 21.8. The van der Waals surface area contributed by atoms with Crippen LogP contribution in [0, 0.1) is 24.6 Å². The summed E-state index contributed by atoms with van der Waals surface area (Å²) in [7, 11) is 0. The average Bonchev–Trinajstić information content (AvgIpc) is 3.47. The molecule has 1 heterocycles. The number of aryl methyl sites for hydroxylation is 1. The molecule has 1 aliphatic carbocycles. The number of aliphatic carboxylic acids is 1. The van der Waals surface area contributed by atoms with Gasteiger partial charge in [-0.25, -0.2) is 4.39 Å². The minimum absolute atomic E-state index is 0.0604. The van der Waals surface area contributed by atoms with Crippen LogP contribution >= 0.6 is 0 Å². The molecule has 5 rings (SSSR count). The van der Waals surface area contributed by atoms with Gasteiger partial charge in [0.15, 0.2) is 17.2 Å². The lowest BCUT2D eigenvalue weighted by Gasteiger charge is -2.18. The van der Waals surface area contributed by atoms with E-state index in [1.807, 2.05) is 55.5 Å². The lowest BCUT2D eigenvalue weighted by Crippen LogP contribution is -2.26. The molecule has 0 aliphatic heterocycles. The second kappa shape index (κ2) is 8.74. The molecule has 0 unspecified atom stereocenters. The number of carboxylic acids is 1. The van der Waals surface area contributed by atoms with E-state index >= 15 is 4.39 Å². The van der Waals surface area contributed by atoms with Gasteiger partial charge in [-0.15, -0.1) is 0 Å². The van der Waals surface area contributed by atoms with Crippen LogP contribution in [-0.2, 0) is 4.79 Å². The number of ketones is 1. The van der Waals surface area contributed by atoms with Gasteiger partial charge in [-0.1, -0.05) is 48.9 Å². The zero-order chi connectivity index (χ0) is 23.8. The second-order valence-corrected chi connectivity index (χ2v) is 8.68. The number of hydrogen-bond acceptors (Lipinski definition) is 5. The summed E-state index contributed by atoms with van der Waals surface area (Å²) in [6.45, 7) is 1.94. The van der Waals surface area contributed by atoms with Crippen LogP contribution in [0.15, 0.2) is 65.1 Å². The fourth-order valence-corrected chi connectivity index (χ4v) is 4.71. The summed E-state index contributed by atoms with van der Waals surface area (Å²) in [6, 6.07) is 18.0. The predicted octanol–water partition coefficient (Wildman–Crippen LogP) is 6.37. The predicted molar refractivity (Wildman–Crippen MR) is 127 cm³/mol. The van der Waals surface area contributed by atoms with Gasteiger partial charge < -0.3 is 14.8 Å². The first-order valence-corrected chi connectivity index (χ1v) is 11.2. The molecule has 172 valence electrons. The van der Waals surface area contributed by atoms with Crippen molar-refractivity contribution in [3.63, 3.8) is 0 Å². The zero-order valence-electron chi connectivity index (χ0n) is 18.5. The highest BCUT2D eigenvalue weighted by molar-refractivity contribution is 6.02. The van der Waals surface area contributed by atoms with Gasteiger partial charge in [0.05, 0.1) is 17.2 Å². The third-order valence-electron chi connectivity index (χ3n) is 6.44. The lowest BCUT2D eigenvalue weighted by molar-refractivity contribution is -0.142. The number of nitrogens with zero attached hydrogens (tertiary/aromatic N) is 1. The van der Waals surface area contributed by atoms with Crippen LogP contribution in [0.1, 0.15) is 35.2 Å². The van der Waals surface area contributed by atoms with Crippen LogP contribution in [0.3, 0.4) is 0 Å². The zero-order valence-corrected chi connectivity index (χ0v) is 18.5. The van der Waals surface area contributed by atoms with Gasteiger partial charge in [0, 0.05) is 11.5 Å². The van der Waals surface area contributed by atoms with Gasteiger partial charge in [0.1, 0.15) is 5.52 Å². The first kappa shape index (κ1) is 21.8. The van der Waals surface area contributed by atoms with Gasteiger partial charge in [-0.2, -0.15) is 4.98 Å². The number of carboxylic acid groups (broad SMARTS) is 1. The Balaban J connectivity index is 1.59. The number of benzene rings is 3. The van der Waals surface area contributed by atoms with E-state index in [0.717, 1.165) is 11.1 Å². The molecule has 2 N–H and O–H groups in total. The van der Waals surface area contributed by atoms with E-state index in [1.165, 1.54) is 6.07 Å². The number of nitrogens with one attached hydrogen (secondary N) is 1. The third kappa shape index (κ3) is 3.94. The molecule has 0 bridgehead atoms. The van der Waals surface area contributed by atoms with Crippen LogP contribution in [0.25, 0.3) is 22.2 Å². The van der Waals surface area contributed by atoms with Crippen molar-refractivity contribution in [3.8, 4) is 11.1 Å². The van der Waals surface area contributed by atoms with Crippen molar-refractivity contribution in [2.75, 3.05) is 5.32 Å². The number of rotatable bonds is 6. The SMILES string of the molecule is Cc1ccc2nc(Nc3c(-c4ccccc4)ccc(C(=O)[C@@H]4CCC[C@H]4C(=O)O)c3F)oc2c1. The van der Waals surface area contributed by atoms with Gasteiger partial charge in [0.2, 0.25) is 0 Å². The van der Waals surface area contributed by atoms with E-state index in [0.29, 0.717) is 35.9 Å². The Labute approximate surface area is 195 Å². The van der Waals surface area contributed by atoms with E-state index in [4.69, 9.17) is 4.42 Å². The van der Waals surface area contributed by atoms with Gasteiger partial charge in [0.25, 0.3) is 6.01 Å². The van der Waals surface area contributed by atoms with Crippen LogP contribution in [-0.4, -0.2) is 21.8 Å². The normalized spacial score (nSPS) is 17.7. The summed E-state index contributed by atoms with van der Waals surface area (Å²) in [6.07, 6.45) is 1.48. The van der Waals surface area contributed by atoms with Crippen LogP contribution in [0.2, 0.25) is 0 Å². The molecule has 1 aromatic heterocycles. The van der Waals surface area contributed by atoms with Crippen molar-refractivity contribution in [3.05, 3.63) is 77.6 Å². The van der Waals surface area contributed by atoms with Crippen molar-refractivity contribution >= 4 is 34.6 Å². The monoisotopic (exact) mass is 458 g/mol. The summed E-state index contributed by atoms with van der Waals surface area (Å²) in [5, 5.41) is 12.4. The number of oxazole rings is 1. The Morgan fingerprint density at radius 3 is 2.59 bits per heavy atom. The summed E-state index contributed by atoms with van der Waals surface area (Å²) in [5.41, 5.74) is 3.40. The van der Waals surface area contributed by atoms with Gasteiger partial charge in [-0.05, 0) is 49.1 Å². The van der Waals surface area contributed by atoms with E-state index in [2.05, 4.69) is 10.3 Å². The molecule has 2 atom stereocenters. The topological polar surface area (TPSA) is 92.4 Å². The van der Waals surface area contributed by atoms with Crippen LogP contribution in [0.4, 0.5) is 16.1 Å². The van der Waals surface area contributed by atoms with Crippen molar-refractivity contribution in [1.82, 2.24) is 4.98 Å². The smallest absolute Gasteiger partial charge is 0.307 e. The number of fused-ring (bicyclic) bond motifs is 1. The number of hydrogen-bond donors (Lipinski definition) is 2. The largest absolute Gasteiger partial charge is 0.481 e. The Bertz CT molecular complexity index is 1400. The molecular formula is C27H23FN2O4. The van der Waals surface area contributed by atoms with E-state index in [9.17, 15) is 14.7 Å². The number of aromatic nitrogens is 1. The number of carbonyl (C=O) groups is 2. The van der Waals surface area contributed by atoms with Crippen molar-refractivity contribution in [1.29, 1.82) is 0 Å². The maximum absolute atomic E-state index is 16.0. The Kier molecular flexibility index (Phi) is 5.61. The first-order chi connectivity index (χ1) is 16.4. The number of carbonyl (C=O) groups excluding carboxylic acids is 1. The second-order valence-electron chi connectivity index (χ2n) is 8.68. The molecule has 6 nitrogen and oxygen atoms in total. The molecule has 0 spiro atoms.